The molecule has 1 saturated heterocycles. The van der Waals surface area contributed by atoms with E-state index in [4.69, 9.17) is 4.74 Å². The van der Waals surface area contributed by atoms with Gasteiger partial charge in [-0.15, -0.1) is 0 Å². The summed E-state index contributed by atoms with van der Waals surface area (Å²) in [7, 11) is 0. The van der Waals surface area contributed by atoms with Crippen LogP contribution >= 0.6 is 0 Å². The molecule has 4 rings (SSSR count). The second kappa shape index (κ2) is 6.74. The van der Waals surface area contributed by atoms with E-state index in [9.17, 15) is 5.11 Å². The number of aromatic nitrogens is 2. The van der Waals surface area contributed by atoms with Crippen LogP contribution in [0.3, 0.4) is 0 Å². The van der Waals surface area contributed by atoms with Crippen molar-refractivity contribution in [2.75, 3.05) is 31.2 Å². The molecule has 2 aromatic carbocycles. The molecule has 0 bridgehead atoms. The second-order valence-corrected chi connectivity index (χ2v) is 7.53. The fourth-order valence-corrected chi connectivity index (χ4v) is 3.47. The van der Waals surface area contributed by atoms with E-state index in [1.54, 1.807) is 6.33 Å². The van der Waals surface area contributed by atoms with Gasteiger partial charge in [-0.25, -0.2) is 4.98 Å². The van der Waals surface area contributed by atoms with E-state index in [0.717, 1.165) is 42.9 Å². The molecule has 2 heterocycles. The molecular weight excluding hydrogens is 326 g/mol. The number of rotatable bonds is 4. The third kappa shape index (κ3) is 3.59. The number of aliphatic hydroxyl groups is 1. The fourth-order valence-electron chi connectivity index (χ4n) is 3.47. The van der Waals surface area contributed by atoms with Crippen molar-refractivity contribution in [2.45, 2.75) is 26.0 Å². The van der Waals surface area contributed by atoms with Crippen LogP contribution in [0.1, 0.15) is 13.8 Å². The highest BCUT2D eigenvalue weighted by Gasteiger charge is 2.15. The van der Waals surface area contributed by atoms with Crippen LogP contribution in [0, 0.1) is 0 Å². The van der Waals surface area contributed by atoms with Crippen LogP contribution < -0.4 is 4.90 Å². The lowest BCUT2D eigenvalue weighted by Crippen LogP contribution is -2.36. The van der Waals surface area contributed by atoms with Gasteiger partial charge in [0.2, 0.25) is 0 Å². The summed E-state index contributed by atoms with van der Waals surface area (Å²) in [6, 6.07) is 15.0. The number of fused-ring (bicyclic) bond motifs is 1. The maximum absolute atomic E-state index is 10.1. The standard InChI is InChI=1S/C21H25N3O2/c1-21(2,25)14-24-15-22-19-13-17(5-8-20(19)24)16-3-6-18(7-4-16)23-9-11-26-12-10-23/h3-8,13,15,25H,9-12,14H2,1-2H3. The van der Waals surface area contributed by atoms with Crippen molar-refractivity contribution in [3.63, 3.8) is 0 Å². The highest BCUT2D eigenvalue weighted by molar-refractivity contribution is 5.82. The molecule has 26 heavy (non-hydrogen) atoms. The lowest BCUT2D eigenvalue weighted by molar-refractivity contribution is 0.0626. The molecule has 0 spiro atoms. The van der Waals surface area contributed by atoms with E-state index in [1.165, 1.54) is 11.3 Å². The number of anilines is 1. The molecule has 1 aliphatic rings. The van der Waals surface area contributed by atoms with Crippen LogP contribution in [0.25, 0.3) is 22.2 Å². The summed E-state index contributed by atoms with van der Waals surface area (Å²) in [5.74, 6) is 0. The zero-order valence-electron chi connectivity index (χ0n) is 15.4. The summed E-state index contributed by atoms with van der Waals surface area (Å²) in [6.45, 7) is 7.63. The van der Waals surface area contributed by atoms with E-state index in [0.29, 0.717) is 6.54 Å². The molecule has 0 unspecified atom stereocenters. The Kier molecular flexibility index (Phi) is 4.42. The van der Waals surface area contributed by atoms with Gasteiger partial charge < -0.3 is 19.3 Å². The first-order chi connectivity index (χ1) is 12.5. The molecule has 1 aliphatic heterocycles. The quantitative estimate of drug-likeness (QED) is 0.783. The minimum Gasteiger partial charge on any atom is -0.389 e. The molecule has 0 amide bonds. The molecule has 0 atom stereocenters. The first kappa shape index (κ1) is 17.1. The minimum absolute atomic E-state index is 0.525. The Morgan fingerprint density at radius 1 is 1.04 bits per heavy atom. The van der Waals surface area contributed by atoms with Crippen LogP contribution in [0.2, 0.25) is 0 Å². The summed E-state index contributed by atoms with van der Waals surface area (Å²) in [4.78, 5) is 6.87. The Morgan fingerprint density at radius 2 is 1.73 bits per heavy atom. The van der Waals surface area contributed by atoms with E-state index in [1.807, 2.05) is 18.4 Å². The maximum Gasteiger partial charge on any atom is 0.0959 e. The monoisotopic (exact) mass is 351 g/mol. The molecule has 5 heteroatoms. The first-order valence-electron chi connectivity index (χ1n) is 9.10. The minimum atomic E-state index is -0.762. The lowest BCUT2D eigenvalue weighted by atomic mass is 10.0. The molecule has 1 aromatic heterocycles. The smallest absolute Gasteiger partial charge is 0.0959 e. The third-order valence-corrected chi connectivity index (χ3v) is 4.76. The molecule has 1 N–H and O–H groups in total. The normalized spacial score (nSPS) is 15.6. The number of morpholine rings is 1. The Morgan fingerprint density at radius 3 is 2.42 bits per heavy atom. The van der Waals surface area contributed by atoms with Gasteiger partial charge in [0.1, 0.15) is 0 Å². The number of imidazole rings is 1. The van der Waals surface area contributed by atoms with Gasteiger partial charge in [-0.3, -0.25) is 0 Å². The van der Waals surface area contributed by atoms with Crippen LogP contribution in [-0.4, -0.2) is 46.6 Å². The van der Waals surface area contributed by atoms with Gasteiger partial charge in [0, 0.05) is 18.8 Å². The van der Waals surface area contributed by atoms with Gasteiger partial charge in [0.05, 0.1) is 42.7 Å². The van der Waals surface area contributed by atoms with Gasteiger partial charge in [0.15, 0.2) is 0 Å². The fraction of sp³-hybridized carbons (Fsp3) is 0.381. The van der Waals surface area contributed by atoms with Crippen molar-refractivity contribution >= 4 is 16.7 Å². The van der Waals surface area contributed by atoms with Crippen LogP contribution in [0.4, 0.5) is 5.69 Å². The third-order valence-electron chi connectivity index (χ3n) is 4.76. The highest BCUT2D eigenvalue weighted by Crippen LogP contribution is 2.27. The maximum atomic E-state index is 10.1. The lowest BCUT2D eigenvalue weighted by Gasteiger charge is -2.28. The summed E-state index contributed by atoms with van der Waals surface area (Å²) < 4.78 is 7.42. The van der Waals surface area contributed by atoms with E-state index in [-0.39, 0.29) is 0 Å². The number of benzene rings is 2. The van der Waals surface area contributed by atoms with Crippen molar-refractivity contribution in [3.8, 4) is 11.1 Å². The molecule has 136 valence electrons. The molecule has 0 radical (unpaired) electrons. The zero-order chi connectivity index (χ0) is 18.1. The van der Waals surface area contributed by atoms with Gasteiger partial charge in [-0.2, -0.15) is 0 Å². The zero-order valence-corrected chi connectivity index (χ0v) is 15.4. The summed E-state index contributed by atoms with van der Waals surface area (Å²) in [5.41, 5.74) is 4.81. The first-order valence-corrected chi connectivity index (χ1v) is 9.10. The highest BCUT2D eigenvalue weighted by atomic mass is 16.5. The average molecular weight is 351 g/mol. The molecular formula is C21H25N3O2. The predicted molar refractivity (Wildman–Crippen MR) is 104 cm³/mol. The molecule has 3 aromatic rings. The Balaban J connectivity index is 1.58. The molecule has 0 saturated carbocycles. The Labute approximate surface area is 153 Å². The largest absolute Gasteiger partial charge is 0.389 e. The van der Waals surface area contributed by atoms with Crippen molar-refractivity contribution in [1.29, 1.82) is 0 Å². The van der Waals surface area contributed by atoms with E-state index < -0.39 is 5.60 Å². The molecule has 1 fully saturated rings. The van der Waals surface area contributed by atoms with E-state index in [2.05, 4.69) is 52.3 Å². The van der Waals surface area contributed by atoms with E-state index >= 15 is 0 Å². The summed E-state index contributed by atoms with van der Waals surface area (Å²) in [6.07, 6.45) is 1.80. The number of hydrogen-bond acceptors (Lipinski definition) is 4. The SMILES string of the molecule is CC(C)(O)Cn1cnc2cc(-c3ccc(N4CCOCC4)cc3)ccc21. The van der Waals surface area contributed by atoms with Crippen LogP contribution in [0.15, 0.2) is 48.8 Å². The average Bonchev–Trinajstić information content (AvgIpc) is 3.03. The number of ether oxygens (including phenoxy) is 1. The van der Waals surface area contributed by atoms with Crippen LogP contribution in [-0.2, 0) is 11.3 Å². The summed E-state index contributed by atoms with van der Waals surface area (Å²) in [5, 5.41) is 10.1. The summed E-state index contributed by atoms with van der Waals surface area (Å²) >= 11 is 0. The second-order valence-electron chi connectivity index (χ2n) is 7.53. The van der Waals surface area contributed by atoms with Crippen LogP contribution in [0.5, 0.6) is 0 Å². The topological polar surface area (TPSA) is 50.5 Å². The number of nitrogens with zero attached hydrogens (tertiary/aromatic N) is 3. The van der Waals surface area contributed by atoms with Crippen molar-refractivity contribution < 1.29 is 9.84 Å². The van der Waals surface area contributed by atoms with Gasteiger partial charge in [-0.05, 0) is 49.2 Å². The van der Waals surface area contributed by atoms with Crippen molar-refractivity contribution in [3.05, 3.63) is 48.8 Å². The van der Waals surface area contributed by atoms with Gasteiger partial charge in [0.25, 0.3) is 0 Å². The molecule has 5 nitrogen and oxygen atoms in total. The van der Waals surface area contributed by atoms with Crippen molar-refractivity contribution in [2.24, 2.45) is 0 Å². The molecule has 0 aliphatic carbocycles. The Bertz CT molecular complexity index is 888. The van der Waals surface area contributed by atoms with Gasteiger partial charge in [-0.1, -0.05) is 18.2 Å². The predicted octanol–water partition coefficient (Wildman–Crippen LogP) is 3.31. The number of hydrogen-bond donors (Lipinski definition) is 1. The van der Waals surface area contributed by atoms with Gasteiger partial charge >= 0.3 is 0 Å². The van der Waals surface area contributed by atoms with Crippen molar-refractivity contribution in [1.82, 2.24) is 9.55 Å². The Hall–Kier alpha value is -2.37.